The van der Waals surface area contributed by atoms with Crippen LogP contribution in [0.2, 0.25) is 0 Å². The van der Waals surface area contributed by atoms with Gasteiger partial charge in [0.15, 0.2) is 6.61 Å². The second-order valence-corrected chi connectivity index (χ2v) is 5.78. The number of anilines is 1. The highest BCUT2D eigenvalue weighted by Crippen LogP contribution is 2.13. The summed E-state index contributed by atoms with van der Waals surface area (Å²) in [5, 5.41) is 0. The zero-order chi connectivity index (χ0) is 13.0. The van der Waals surface area contributed by atoms with Gasteiger partial charge >= 0.3 is 0 Å². The molecule has 0 unspecified atom stereocenters. The number of nitrogens with zero attached hydrogens (tertiary/aromatic N) is 1. The Balaban J connectivity index is 1.81. The van der Waals surface area contributed by atoms with Crippen LogP contribution in [0.3, 0.4) is 0 Å². The summed E-state index contributed by atoms with van der Waals surface area (Å²) >= 11 is 0. The molecule has 0 radical (unpaired) electrons. The Kier molecular flexibility index (Phi) is 4.19. The average Bonchev–Trinajstić information content (AvgIpc) is 2.38. The molecule has 0 atom stereocenters. The zero-order valence-electron chi connectivity index (χ0n) is 10.0. The molecule has 2 N–H and O–H groups in total. The number of hydrogen-bond acceptors (Lipinski definition) is 4. The number of amides is 1. The van der Waals surface area contributed by atoms with Crippen LogP contribution in [0.4, 0.5) is 5.69 Å². The van der Waals surface area contributed by atoms with Gasteiger partial charge in [-0.15, -0.1) is 0 Å². The minimum absolute atomic E-state index is 0.0105. The van der Waals surface area contributed by atoms with Gasteiger partial charge in [-0.05, 0) is 24.3 Å². The van der Waals surface area contributed by atoms with Gasteiger partial charge in [0.25, 0.3) is 5.91 Å². The minimum atomic E-state index is -0.769. The van der Waals surface area contributed by atoms with E-state index in [4.69, 9.17) is 10.5 Å². The second kappa shape index (κ2) is 5.86. The quantitative estimate of drug-likeness (QED) is 0.797. The summed E-state index contributed by atoms with van der Waals surface area (Å²) < 4.78 is 16.6. The molecule has 1 amide bonds. The van der Waals surface area contributed by atoms with Crippen LogP contribution in [0.25, 0.3) is 0 Å². The molecule has 1 heterocycles. The van der Waals surface area contributed by atoms with Crippen molar-refractivity contribution in [2.24, 2.45) is 0 Å². The van der Waals surface area contributed by atoms with E-state index in [1.807, 2.05) is 0 Å². The van der Waals surface area contributed by atoms with Gasteiger partial charge in [0.05, 0.1) is 0 Å². The first-order chi connectivity index (χ1) is 8.65. The summed E-state index contributed by atoms with van der Waals surface area (Å²) in [4.78, 5) is 13.5. The number of carbonyl (C=O) groups excluding carboxylic acids is 1. The van der Waals surface area contributed by atoms with E-state index in [-0.39, 0.29) is 12.5 Å². The van der Waals surface area contributed by atoms with Crippen molar-refractivity contribution in [2.75, 3.05) is 36.9 Å². The maximum Gasteiger partial charge on any atom is 0.260 e. The van der Waals surface area contributed by atoms with Crippen LogP contribution in [0.15, 0.2) is 24.3 Å². The Morgan fingerprint density at radius 3 is 2.50 bits per heavy atom. The number of ether oxygens (including phenoxy) is 1. The molecule has 0 saturated carbocycles. The molecule has 6 heteroatoms. The summed E-state index contributed by atoms with van der Waals surface area (Å²) in [6, 6.07) is 6.91. The standard InChI is InChI=1S/C12H16N2O3S/c13-10-1-3-11(4-2-10)17-9-12(15)14-5-7-18(16)8-6-14/h1-4H,5-9,13H2. The van der Waals surface area contributed by atoms with Gasteiger partial charge in [-0.2, -0.15) is 0 Å². The molecule has 2 rings (SSSR count). The van der Waals surface area contributed by atoms with Crippen LogP contribution >= 0.6 is 0 Å². The fraction of sp³-hybridized carbons (Fsp3) is 0.417. The normalized spacial score (nSPS) is 16.6. The molecule has 1 aromatic carbocycles. The number of nitrogens with two attached hydrogens (primary N) is 1. The van der Waals surface area contributed by atoms with Crippen LogP contribution in [0, 0.1) is 0 Å². The first-order valence-corrected chi connectivity index (χ1v) is 7.25. The van der Waals surface area contributed by atoms with Gasteiger partial charge in [0.1, 0.15) is 5.75 Å². The van der Waals surface area contributed by atoms with E-state index in [0.717, 1.165) is 0 Å². The maximum absolute atomic E-state index is 11.8. The number of hydrogen-bond donors (Lipinski definition) is 1. The van der Waals surface area contributed by atoms with Gasteiger partial charge in [0.2, 0.25) is 0 Å². The minimum Gasteiger partial charge on any atom is -0.484 e. The first-order valence-electron chi connectivity index (χ1n) is 5.76. The van der Waals surface area contributed by atoms with E-state index >= 15 is 0 Å². The molecule has 0 aliphatic carbocycles. The molecule has 0 spiro atoms. The first kappa shape index (κ1) is 12.9. The predicted octanol–water partition coefficient (Wildman–Crippen LogP) is 0.238. The number of benzene rings is 1. The Morgan fingerprint density at radius 2 is 1.89 bits per heavy atom. The number of carbonyl (C=O) groups is 1. The molecule has 18 heavy (non-hydrogen) atoms. The van der Waals surface area contributed by atoms with Crippen LogP contribution in [0.1, 0.15) is 0 Å². The molecule has 0 bridgehead atoms. The molecule has 98 valence electrons. The Hall–Kier alpha value is -1.56. The third-order valence-electron chi connectivity index (χ3n) is 2.77. The Bertz CT molecular complexity index is 437. The summed E-state index contributed by atoms with van der Waals surface area (Å²) in [6.07, 6.45) is 0. The van der Waals surface area contributed by atoms with Crippen LogP contribution < -0.4 is 10.5 Å². The average molecular weight is 268 g/mol. The van der Waals surface area contributed by atoms with Gasteiger partial charge in [-0.3, -0.25) is 9.00 Å². The lowest BCUT2D eigenvalue weighted by atomic mass is 10.3. The van der Waals surface area contributed by atoms with E-state index in [9.17, 15) is 9.00 Å². The Labute approximate surface area is 108 Å². The summed E-state index contributed by atoms with van der Waals surface area (Å²) in [5.41, 5.74) is 6.21. The van der Waals surface area contributed by atoms with Gasteiger partial charge < -0.3 is 15.4 Å². The van der Waals surface area contributed by atoms with E-state index in [0.29, 0.717) is 36.0 Å². The van der Waals surface area contributed by atoms with E-state index < -0.39 is 10.8 Å². The third kappa shape index (κ3) is 3.46. The summed E-state index contributed by atoms with van der Waals surface area (Å²) in [6.45, 7) is 1.11. The monoisotopic (exact) mass is 268 g/mol. The lowest BCUT2D eigenvalue weighted by Crippen LogP contribution is -2.43. The molecule has 0 aromatic heterocycles. The summed E-state index contributed by atoms with van der Waals surface area (Å²) in [7, 11) is -0.769. The highest BCUT2D eigenvalue weighted by Gasteiger charge is 2.20. The summed E-state index contributed by atoms with van der Waals surface area (Å²) in [5.74, 6) is 1.68. The molecule has 5 nitrogen and oxygen atoms in total. The molecule has 1 aliphatic heterocycles. The topological polar surface area (TPSA) is 72.6 Å². The molecular weight excluding hydrogens is 252 g/mol. The van der Waals surface area contributed by atoms with Crippen LogP contribution in [0.5, 0.6) is 5.75 Å². The highest BCUT2D eigenvalue weighted by atomic mass is 32.2. The van der Waals surface area contributed by atoms with Gasteiger partial charge in [0, 0.05) is 41.1 Å². The maximum atomic E-state index is 11.8. The number of rotatable bonds is 3. The van der Waals surface area contributed by atoms with Crippen molar-refractivity contribution in [3.63, 3.8) is 0 Å². The van der Waals surface area contributed by atoms with Gasteiger partial charge in [-0.1, -0.05) is 0 Å². The largest absolute Gasteiger partial charge is 0.484 e. The highest BCUT2D eigenvalue weighted by molar-refractivity contribution is 7.85. The number of nitrogen functional groups attached to an aromatic ring is 1. The van der Waals surface area contributed by atoms with Crippen LogP contribution in [-0.4, -0.2) is 46.2 Å². The van der Waals surface area contributed by atoms with E-state index in [1.165, 1.54) is 0 Å². The fourth-order valence-electron chi connectivity index (χ4n) is 1.69. The third-order valence-corrected chi connectivity index (χ3v) is 4.05. The molecule has 1 saturated heterocycles. The van der Waals surface area contributed by atoms with E-state index in [1.54, 1.807) is 29.2 Å². The predicted molar refractivity (Wildman–Crippen MR) is 70.8 cm³/mol. The van der Waals surface area contributed by atoms with Crippen molar-refractivity contribution in [2.45, 2.75) is 0 Å². The van der Waals surface area contributed by atoms with Gasteiger partial charge in [-0.25, -0.2) is 0 Å². The molecular formula is C12H16N2O3S. The van der Waals surface area contributed by atoms with Crippen molar-refractivity contribution in [3.8, 4) is 5.75 Å². The fourth-order valence-corrected chi connectivity index (χ4v) is 2.74. The zero-order valence-corrected chi connectivity index (χ0v) is 10.8. The van der Waals surface area contributed by atoms with Crippen molar-refractivity contribution >= 4 is 22.4 Å². The van der Waals surface area contributed by atoms with Crippen molar-refractivity contribution in [1.29, 1.82) is 0 Å². The molecule has 1 aliphatic rings. The van der Waals surface area contributed by atoms with Crippen molar-refractivity contribution in [3.05, 3.63) is 24.3 Å². The molecule has 1 fully saturated rings. The smallest absolute Gasteiger partial charge is 0.260 e. The van der Waals surface area contributed by atoms with Crippen molar-refractivity contribution < 1.29 is 13.7 Å². The lowest BCUT2D eigenvalue weighted by Gasteiger charge is -2.26. The van der Waals surface area contributed by atoms with Crippen LogP contribution in [-0.2, 0) is 15.6 Å². The Morgan fingerprint density at radius 1 is 1.28 bits per heavy atom. The lowest BCUT2D eigenvalue weighted by molar-refractivity contribution is -0.133. The van der Waals surface area contributed by atoms with E-state index in [2.05, 4.69) is 0 Å². The molecule has 1 aromatic rings. The van der Waals surface area contributed by atoms with Crippen molar-refractivity contribution in [1.82, 2.24) is 4.90 Å². The second-order valence-electron chi connectivity index (χ2n) is 4.09. The SMILES string of the molecule is Nc1ccc(OCC(=O)N2CCS(=O)CC2)cc1.